The molecule has 7 heteroatoms. The summed E-state index contributed by atoms with van der Waals surface area (Å²) in [5.74, 6) is -0.313. The van der Waals surface area contributed by atoms with Crippen molar-refractivity contribution in [3.63, 3.8) is 0 Å². The van der Waals surface area contributed by atoms with Crippen molar-refractivity contribution in [2.24, 2.45) is 0 Å². The average Bonchev–Trinajstić information content (AvgIpc) is 2.77. The first-order valence-electron chi connectivity index (χ1n) is 9.53. The van der Waals surface area contributed by atoms with Crippen LogP contribution >= 0.6 is 11.6 Å². The second kappa shape index (κ2) is 9.78. The van der Waals surface area contributed by atoms with Crippen LogP contribution in [0, 0.1) is 0 Å². The van der Waals surface area contributed by atoms with Gasteiger partial charge in [-0.25, -0.2) is 8.42 Å². The number of benzene rings is 3. The van der Waals surface area contributed by atoms with Gasteiger partial charge >= 0.3 is 0 Å². The standard InChI is InChI=1S/C23H23ClN2O3S/c1-18(19-10-4-2-5-11-19)16-25-23(27)17-26(22-15-9-8-14-21(22)24)30(28,29)20-12-6-3-7-13-20/h2-15,18H,16-17H2,1H3,(H,25,27)/t18-/m1/s1. The van der Waals surface area contributed by atoms with Crippen molar-refractivity contribution in [1.82, 2.24) is 5.32 Å². The Hall–Kier alpha value is -2.83. The van der Waals surface area contributed by atoms with E-state index in [0.717, 1.165) is 9.87 Å². The Bertz CT molecular complexity index is 1090. The molecule has 3 aromatic rings. The number of anilines is 1. The van der Waals surface area contributed by atoms with Gasteiger partial charge in [-0.3, -0.25) is 9.10 Å². The maximum Gasteiger partial charge on any atom is 0.264 e. The highest BCUT2D eigenvalue weighted by Crippen LogP contribution is 2.30. The highest BCUT2D eigenvalue weighted by molar-refractivity contribution is 7.92. The van der Waals surface area contributed by atoms with Gasteiger partial charge in [0.25, 0.3) is 10.0 Å². The van der Waals surface area contributed by atoms with Crippen LogP contribution < -0.4 is 9.62 Å². The molecule has 3 rings (SSSR count). The molecule has 0 saturated carbocycles. The number of rotatable bonds is 8. The van der Waals surface area contributed by atoms with Crippen molar-refractivity contribution >= 4 is 33.2 Å². The normalized spacial score (nSPS) is 12.2. The first-order chi connectivity index (χ1) is 14.4. The van der Waals surface area contributed by atoms with E-state index in [4.69, 9.17) is 11.6 Å². The van der Waals surface area contributed by atoms with Gasteiger partial charge in [0.1, 0.15) is 6.54 Å². The molecule has 0 aliphatic rings. The second-order valence-electron chi connectivity index (χ2n) is 6.89. The molecular formula is C23H23ClN2O3S. The van der Waals surface area contributed by atoms with Crippen LogP contribution in [-0.4, -0.2) is 27.4 Å². The highest BCUT2D eigenvalue weighted by atomic mass is 35.5. The van der Waals surface area contributed by atoms with Gasteiger partial charge in [-0.1, -0.05) is 79.2 Å². The summed E-state index contributed by atoms with van der Waals surface area (Å²) < 4.78 is 27.6. The molecule has 5 nitrogen and oxygen atoms in total. The second-order valence-corrected chi connectivity index (χ2v) is 9.16. The minimum absolute atomic E-state index is 0.0923. The van der Waals surface area contributed by atoms with E-state index in [1.165, 1.54) is 12.1 Å². The molecule has 0 heterocycles. The third-order valence-corrected chi connectivity index (χ3v) is 6.81. The van der Waals surface area contributed by atoms with Crippen molar-refractivity contribution in [2.45, 2.75) is 17.7 Å². The van der Waals surface area contributed by atoms with Gasteiger partial charge in [-0.2, -0.15) is 0 Å². The average molecular weight is 443 g/mol. The zero-order valence-corrected chi connectivity index (χ0v) is 18.1. The summed E-state index contributed by atoms with van der Waals surface area (Å²) in [5, 5.41) is 3.09. The summed E-state index contributed by atoms with van der Waals surface area (Å²) >= 11 is 6.27. The lowest BCUT2D eigenvalue weighted by Gasteiger charge is -2.25. The van der Waals surface area contributed by atoms with Gasteiger partial charge in [-0.15, -0.1) is 0 Å². The molecule has 0 aliphatic heterocycles. The molecule has 0 bridgehead atoms. The molecule has 3 aromatic carbocycles. The number of nitrogens with one attached hydrogen (secondary N) is 1. The molecule has 1 atom stereocenters. The Morgan fingerprint density at radius 2 is 1.50 bits per heavy atom. The molecule has 0 aliphatic carbocycles. The van der Waals surface area contributed by atoms with Gasteiger partial charge in [0.05, 0.1) is 15.6 Å². The third kappa shape index (κ3) is 5.20. The lowest BCUT2D eigenvalue weighted by molar-refractivity contribution is -0.119. The Morgan fingerprint density at radius 3 is 2.13 bits per heavy atom. The minimum Gasteiger partial charge on any atom is -0.354 e. The van der Waals surface area contributed by atoms with Crippen LogP contribution in [0.15, 0.2) is 89.8 Å². The van der Waals surface area contributed by atoms with Crippen LogP contribution in [0.2, 0.25) is 5.02 Å². The highest BCUT2D eigenvalue weighted by Gasteiger charge is 2.28. The molecule has 0 saturated heterocycles. The van der Waals surface area contributed by atoms with Gasteiger partial charge < -0.3 is 5.32 Å². The van der Waals surface area contributed by atoms with E-state index < -0.39 is 15.9 Å². The summed E-state index contributed by atoms with van der Waals surface area (Å²) in [5.41, 5.74) is 1.35. The SMILES string of the molecule is C[C@H](CNC(=O)CN(c1ccccc1Cl)S(=O)(=O)c1ccccc1)c1ccccc1. The number of amides is 1. The molecule has 0 fully saturated rings. The first kappa shape index (κ1) is 21.9. The lowest BCUT2D eigenvalue weighted by atomic mass is 10.0. The molecule has 30 heavy (non-hydrogen) atoms. The first-order valence-corrected chi connectivity index (χ1v) is 11.4. The fourth-order valence-corrected chi connectivity index (χ4v) is 4.77. The number of carbonyl (C=O) groups excluding carboxylic acids is 1. The smallest absolute Gasteiger partial charge is 0.264 e. The predicted octanol–water partition coefficient (Wildman–Crippen LogP) is 4.46. The van der Waals surface area contributed by atoms with Crippen molar-refractivity contribution < 1.29 is 13.2 Å². The van der Waals surface area contributed by atoms with Gasteiger partial charge in [0, 0.05) is 6.54 Å². The van der Waals surface area contributed by atoms with Crippen LogP contribution in [0.1, 0.15) is 18.4 Å². The summed E-state index contributed by atoms with van der Waals surface area (Å²) in [6.45, 7) is 2.02. The van der Waals surface area contributed by atoms with Gasteiger partial charge in [-0.05, 0) is 35.7 Å². The van der Waals surface area contributed by atoms with Crippen molar-refractivity contribution in [1.29, 1.82) is 0 Å². The molecular weight excluding hydrogens is 420 g/mol. The fourth-order valence-electron chi connectivity index (χ4n) is 3.03. The summed E-state index contributed by atoms with van der Waals surface area (Å²) in [4.78, 5) is 12.8. The molecule has 156 valence electrons. The quantitative estimate of drug-likeness (QED) is 0.560. The molecule has 0 unspecified atom stereocenters. The monoisotopic (exact) mass is 442 g/mol. The third-order valence-electron chi connectivity index (χ3n) is 4.71. The maximum absolute atomic E-state index is 13.3. The topological polar surface area (TPSA) is 66.5 Å². The van der Waals surface area contributed by atoms with E-state index in [0.29, 0.717) is 6.54 Å². The zero-order valence-electron chi connectivity index (χ0n) is 16.5. The van der Waals surface area contributed by atoms with Crippen LogP contribution in [0.25, 0.3) is 0 Å². The fraction of sp³-hybridized carbons (Fsp3) is 0.174. The molecule has 0 radical (unpaired) electrons. The summed E-state index contributed by atoms with van der Waals surface area (Å²) in [7, 11) is -3.97. The number of halogens is 1. The van der Waals surface area contributed by atoms with E-state index >= 15 is 0 Å². The number of carbonyl (C=O) groups is 1. The Kier molecular flexibility index (Phi) is 7.13. The van der Waals surface area contributed by atoms with E-state index in [-0.39, 0.29) is 28.1 Å². The van der Waals surface area contributed by atoms with Crippen LogP contribution in [0.4, 0.5) is 5.69 Å². The van der Waals surface area contributed by atoms with E-state index in [9.17, 15) is 13.2 Å². The van der Waals surface area contributed by atoms with E-state index in [1.54, 1.807) is 42.5 Å². The van der Waals surface area contributed by atoms with Crippen molar-refractivity contribution in [2.75, 3.05) is 17.4 Å². The largest absolute Gasteiger partial charge is 0.354 e. The number of sulfonamides is 1. The summed E-state index contributed by atoms with van der Waals surface area (Å²) in [6, 6.07) is 24.4. The van der Waals surface area contributed by atoms with E-state index in [1.807, 2.05) is 37.3 Å². The molecule has 1 N–H and O–H groups in total. The predicted molar refractivity (Wildman–Crippen MR) is 120 cm³/mol. The van der Waals surface area contributed by atoms with Gasteiger partial charge in [0.2, 0.25) is 5.91 Å². The zero-order chi connectivity index (χ0) is 21.6. The number of nitrogens with zero attached hydrogens (tertiary/aromatic N) is 1. The maximum atomic E-state index is 13.3. The number of hydrogen-bond donors (Lipinski definition) is 1. The Morgan fingerprint density at radius 1 is 0.933 bits per heavy atom. The lowest BCUT2D eigenvalue weighted by Crippen LogP contribution is -2.41. The Balaban J connectivity index is 1.81. The van der Waals surface area contributed by atoms with Crippen LogP contribution in [-0.2, 0) is 14.8 Å². The minimum atomic E-state index is -3.97. The Labute approximate surface area is 182 Å². The molecule has 1 amide bonds. The molecule has 0 spiro atoms. The molecule has 0 aromatic heterocycles. The number of para-hydroxylation sites is 1. The van der Waals surface area contributed by atoms with Crippen LogP contribution in [0.3, 0.4) is 0 Å². The van der Waals surface area contributed by atoms with Crippen molar-refractivity contribution in [3.8, 4) is 0 Å². The van der Waals surface area contributed by atoms with Crippen LogP contribution in [0.5, 0.6) is 0 Å². The number of hydrogen-bond acceptors (Lipinski definition) is 3. The van der Waals surface area contributed by atoms with Crippen molar-refractivity contribution in [3.05, 3.63) is 95.5 Å². The van der Waals surface area contributed by atoms with Gasteiger partial charge in [0.15, 0.2) is 0 Å². The van der Waals surface area contributed by atoms with E-state index in [2.05, 4.69) is 5.32 Å². The summed E-state index contributed by atoms with van der Waals surface area (Å²) in [6.07, 6.45) is 0.